The Balaban J connectivity index is 0.911. The Bertz CT molecular complexity index is 5160. The van der Waals surface area contributed by atoms with Crippen LogP contribution in [-0.2, 0) is 5.41 Å². The highest BCUT2D eigenvalue weighted by molar-refractivity contribution is 7.26. The normalized spacial score (nSPS) is 12.7. The van der Waals surface area contributed by atoms with Crippen molar-refractivity contribution in [1.29, 1.82) is 0 Å². The third-order valence-corrected chi connectivity index (χ3v) is 19.9. The maximum atomic E-state index is 2.58. The Kier molecular flexibility index (Phi) is 10.9. The molecule has 0 fully saturated rings. The van der Waals surface area contributed by atoms with E-state index in [9.17, 15) is 0 Å². The van der Waals surface area contributed by atoms with Gasteiger partial charge < -0.3 is 9.80 Å². The van der Waals surface area contributed by atoms with Gasteiger partial charge in [0.25, 0.3) is 0 Å². The van der Waals surface area contributed by atoms with Crippen LogP contribution in [0.1, 0.15) is 22.3 Å². The van der Waals surface area contributed by atoms with Gasteiger partial charge in [0, 0.05) is 53.4 Å². The van der Waals surface area contributed by atoms with Gasteiger partial charge >= 0.3 is 0 Å². The molecule has 2 nitrogen and oxygen atoms in total. The number of hydrogen-bond donors (Lipinski definition) is 0. The largest absolute Gasteiger partial charge is 0.309 e. The van der Waals surface area contributed by atoms with Gasteiger partial charge in [-0.15, -0.1) is 22.7 Å². The van der Waals surface area contributed by atoms with Gasteiger partial charge in [0.15, 0.2) is 0 Å². The number of nitrogens with zero attached hydrogens (tertiary/aromatic N) is 2. The molecule has 2 heterocycles. The molecule has 2 aromatic heterocycles. The zero-order valence-electron chi connectivity index (χ0n) is 45.1. The third kappa shape index (κ3) is 7.20. The highest BCUT2D eigenvalue weighted by Gasteiger charge is 2.49. The van der Waals surface area contributed by atoms with Crippen molar-refractivity contribution in [3.63, 3.8) is 0 Å². The molecule has 1 aliphatic rings. The zero-order valence-corrected chi connectivity index (χ0v) is 46.7. The maximum absolute atomic E-state index is 2.58. The van der Waals surface area contributed by atoms with E-state index in [1.165, 1.54) is 129 Å². The summed E-state index contributed by atoms with van der Waals surface area (Å²) < 4.78 is 5.13. The Hall–Kier alpha value is -10.1. The second kappa shape index (κ2) is 19.0. The van der Waals surface area contributed by atoms with E-state index in [1.54, 1.807) is 0 Å². The fraction of sp³-hybridized carbons (Fsp3) is 0.0127. The molecular formula is C79H50N2S2. The minimum absolute atomic E-state index is 0.735. The van der Waals surface area contributed by atoms with E-state index in [0.717, 1.165) is 22.7 Å². The number of fused-ring (bicyclic) bond motifs is 16. The second-order valence-electron chi connectivity index (χ2n) is 21.8. The number of anilines is 6. The standard InChI is InChI=1S/C79H50N2S2/c1-5-23-53(24-6-1)79(54-25-7-2-8-26-54)68-50-71(81(56-29-11-4-12-30-56)70-40-22-38-66-61-34-18-20-42-73(61)83-78(66)70)59-32-14-16-36-63(59)74(68)75-62-35-15-13-31-58(62)67-49-52(45-48-64(67)76(75)79)51-43-46-57(47-44-51)80(55-27-9-3-10-28-55)69-39-21-37-65-60-33-17-19-41-72(60)82-77(65)69/h1-50H. The van der Waals surface area contributed by atoms with Gasteiger partial charge in [-0.1, -0.05) is 231 Å². The fourth-order valence-electron chi connectivity index (χ4n) is 14.0. The summed E-state index contributed by atoms with van der Waals surface area (Å²) in [5.74, 6) is 0. The molecule has 0 N–H and O–H groups in total. The van der Waals surface area contributed by atoms with E-state index in [0.29, 0.717) is 0 Å². The van der Waals surface area contributed by atoms with Gasteiger partial charge in [0.2, 0.25) is 0 Å². The average Bonchev–Trinajstić information content (AvgIpc) is 1.59. The summed E-state index contributed by atoms with van der Waals surface area (Å²) in [7, 11) is 0. The minimum Gasteiger partial charge on any atom is -0.309 e. The predicted molar refractivity (Wildman–Crippen MR) is 357 cm³/mol. The van der Waals surface area contributed by atoms with Gasteiger partial charge in [-0.3, -0.25) is 0 Å². The van der Waals surface area contributed by atoms with Crippen LogP contribution in [0.25, 0.3) is 94.9 Å². The lowest BCUT2D eigenvalue weighted by atomic mass is 9.66. The SMILES string of the molecule is c1ccc(N(c2ccc(-c3ccc4c5c(c6ccccc6c4c3)-c3c(cc(N(c4ccccc4)c4cccc6c4sc4ccccc46)c4ccccc34)C5(c3ccccc3)c3ccccc3)cc2)c2cccc3c2sc2ccccc23)cc1. The van der Waals surface area contributed by atoms with Crippen molar-refractivity contribution in [3.05, 3.63) is 326 Å². The van der Waals surface area contributed by atoms with Gasteiger partial charge in [-0.25, -0.2) is 0 Å². The zero-order chi connectivity index (χ0) is 54.6. The molecule has 83 heavy (non-hydrogen) atoms. The van der Waals surface area contributed by atoms with Gasteiger partial charge in [0.05, 0.1) is 31.9 Å². The molecule has 0 spiro atoms. The quantitative estimate of drug-likeness (QED) is 0.133. The third-order valence-electron chi connectivity index (χ3n) is 17.5. The van der Waals surface area contributed by atoms with Crippen LogP contribution in [0.15, 0.2) is 303 Å². The van der Waals surface area contributed by atoms with Crippen LogP contribution in [0.4, 0.5) is 34.1 Å². The van der Waals surface area contributed by atoms with E-state index >= 15 is 0 Å². The van der Waals surface area contributed by atoms with E-state index in [1.807, 2.05) is 22.7 Å². The average molecular weight is 1090 g/mol. The molecule has 0 aliphatic heterocycles. The molecule has 0 saturated carbocycles. The molecule has 0 saturated heterocycles. The van der Waals surface area contributed by atoms with Crippen molar-refractivity contribution in [2.24, 2.45) is 0 Å². The van der Waals surface area contributed by atoms with E-state index < -0.39 is 5.41 Å². The lowest BCUT2D eigenvalue weighted by molar-refractivity contribution is 0.776. The highest BCUT2D eigenvalue weighted by Crippen LogP contribution is 2.63. The molecule has 0 bridgehead atoms. The summed E-state index contributed by atoms with van der Waals surface area (Å²) in [6.45, 7) is 0. The number of para-hydroxylation sites is 2. The first-order valence-electron chi connectivity index (χ1n) is 28.5. The summed E-state index contributed by atoms with van der Waals surface area (Å²) in [6, 6.07) is 113. The summed E-state index contributed by atoms with van der Waals surface area (Å²) in [5.41, 5.74) is 16.1. The molecule has 388 valence electrons. The van der Waals surface area contributed by atoms with Crippen LogP contribution in [-0.4, -0.2) is 0 Å². The van der Waals surface area contributed by atoms with Crippen LogP contribution < -0.4 is 9.80 Å². The van der Waals surface area contributed by atoms with Crippen molar-refractivity contribution >= 4 is 129 Å². The summed E-state index contributed by atoms with van der Waals surface area (Å²) >= 11 is 3.75. The van der Waals surface area contributed by atoms with Crippen LogP contribution in [0.5, 0.6) is 0 Å². The van der Waals surface area contributed by atoms with Gasteiger partial charge in [-0.2, -0.15) is 0 Å². The number of benzene rings is 14. The van der Waals surface area contributed by atoms with E-state index in [4.69, 9.17) is 0 Å². The lowest BCUT2D eigenvalue weighted by Crippen LogP contribution is -2.29. The van der Waals surface area contributed by atoms with Crippen LogP contribution in [0, 0.1) is 0 Å². The molecule has 16 aromatic rings. The monoisotopic (exact) mass is 1090 g/mol. The van der Waals surface area contributed by atoms with Gasteiger partial charge in [-0.05, 0) is 144 Å². The lowest BCUT2D eigenvalue weighted by Gasteiger charge is -2.36. The summed E-state index contributed by atoms with van der Waals surface area (Å²) in [5, 5.41) is 12.5. The van der Waals surface area contributed by atoms with E-state index in [2.05, 4.69) is 313 Å². The summed E-state index contributed by atoms with van der Waals surface area (Å²) in [4.78, 5) is 4.96. The van der Waals surface area contributed by atoms with Crippen molar-refractivity contribution in [3.8, 4) is 22.3 Å². The Morgan fingerprint density at radius 3 is 1.27 bits per heavy atom. The number of rotatable bonds is 9. The molecule has 0 radical (unpaired) electrons. The van der Waals surface area contributed by atoms with Crippen molar-refractivity contribution < 1.29 is 0 Å². The molecule has 1 aliphatic carbocycles. The first kappa shape index (κ1) is 47.7. The Morgan fingerprint density at radius 1 is 0.253 bits per heavy atom. The number of thiophene rings is 2. The van der Waals surface area contributed by atoms with Crippen LogP contribution in [0.3, 0.4) is 0 Å². The second-order valence-corrected chi connectivity index (χ2v) is 23.9. The smallest absolute Gasteiger partial charge is 0.0720 e. The van der Waals surface area contributed by atoms with Crippen LogP contribution in [0.2, 0.25) is 0 Å². The first-order chi connectivity index (χ1) is 41.2. The molecule has 14 aromatic carbocycles. The number of hydrogen-bond acceptors (Lipinski definition) is 4. The molecule has 4 heteroatoms. The first-order valence-corrected chi connectivity index (χ1v) is 30.1. The van der Waals surface area contributed by atoms with Crippen molar-refractivity contribution in [2.45, 2.75) is 5.41 Å². The topological polar surface area (TPSA) is 6.48 Å². The summed E-state index contributed by atoms with van der Waals surface area (Å²) in [6.07, 6.45) is 0. The molecule has 0 atom stereocenters. The van der Waals surface area contributed by atoms with Crippen molar-refractivity contribution in [2.75, 3.05) is 9.80 Å². The van der Waals surface area contributed by atoms with E-state index in [-0.39, 0.29) is 0 Å². The van der Waals surface area contributed by atoms with Gasteiger partial charge in [0.1, 0.15) is 0 Å². The molecule has 17 rings (SSSR count). The molecule has 0 amide bonds. The fourth-order valence-corrected chi connectivity index (χ4v) is 16.4. The Morgan fingerprint density at radius 2 is 0.687 bits per heavy atom. The van der Waals surface area contributed by atoms with Crippen molar-refractivity contribution in [1.82, 2.24) is 0 Å². The van der Waals surface area contributed by atoms with Crippen LogP contribution >= 0.6 is 22.7 Å². The minimum atomic E-state index is -0.735. The Labute approximate surface area is 489 Å². The maximum Gasteiger partial charge on any atom is 0.0720 e. The highest BCUT2D eigenvalue weighted by atomic mass is 32.1. The predicted octanol–water partition coefficient (Wildman–Crippen LogP) is 22.9. The molecule has 0 unspecified atom stereocenters. The molecular weight excluding hydrogens is 1040 g/mol.